The first-order chi connectivity index (χ1) is 27.0. The van der Waals surface area contributed by atoms with Crippen molar-refractivity contribution in [3.63, 3.8) is 0 Å². The van der Waals surface area contributed by atoms with Crippen molar-refractivity contribution in [3.8, 4) is 39.8 Å². The molecule has 16 nitrogen and oxygen atoms in total. The molecule has 1 amide bonds. The second kappa shape index (κ2) is 17.5. The van der Waals surface area contributed by atoms with Crippen LogP contribution in [0.3, 0.4) is 0 Å². The molecule has 0 saturated heterocycles. The van der Waals surface area contributed by atoms with Gasteiger partial charge in [0.1, 0.15) is 22.1 Å². The molecule has 2 aromatic heterocycles. The summed E-state index contributed by atoms with van der Waals surface area (Å²) in [7, 11) is -0.118. The molecule has 6 aromatic rings. The molecule has 0 fully saturated rings. The highest BCUT2D eigenvalue weighted by Crippen LogP contribution is 2.41. The summed E-state index contributed by atoms with van der Waals surface area (Å²) >= 11 is -2.82. The van der Waals surface area contributed by atoms with E-state index < -0.39 is 37.0 Å². The van der Waals surface area contributed by atoms with Crippen molar-refractivity contribution in [3.05, 3.63) is 126 Å². The second-order valence-corrected chi connectivity index (χ2v) is 15.0. The third kappa shape index (κ3) is 9.17. The van der Waals surface area contributed by atoms with Crippen LogP contribution in [0.1, 0.15) is 22.4 Å². The molecular formula is C38H37N7O9S2. The lowest BCUT2D eigenvalue weighted by Gasteiger charge is -2.25. The van der Waals surface area contributed by atoms with Crippen LogP contribution < -0.4 is 19.5 Å². The van der Waals surface area contributed by atoms with Crippen LogP contribution in [0.4, 0.5) is 4.79 Å². The van der Waals surface area contributed by atoms with Crippen LogP contribution in [0.2, 0.25) is 0 Å². The number of carbonyl (C=O) groups is 1. The second-order valence-electron chi connectivity index (χ2n) is 12.2. The van der Waals surface area contributed by atoms with Gasteiger partial charge in [-0.3, -0.25) is 4.98 Å². The predicted molar refractivity (Wildman–Crippen MR) is 205 cm³/mol. The van der Waals surface area contributed by atoms with Crippen molar-refractivity contribution in [2.75, 3.05) is 21.3 Å². The lowest BCUT2D eigenvalue weighted by molar-refractivity contribution is 0.194. The first-order valence-corrected chi connectivity index (χ1v) is 19.4. The van der Waals surface area contributed by atoms with Gasteiger partial charge in [-0.25, -0.2) is 17.4 Å². The minimum absolute atomic E-state index is 0.0938. The summed E-state index contributed by atoms with van der Waals surface area (Å²) in [4.78, 5) is 15.9. The van der Waals surface area contributed by atoms with Crippen LogP contribution in [-0.4, -0.2) is 79.2 Å². The number of pyridine rings is 1. The Bertz CT molecular complexity index is 2390. The number of hydrogen-bond donors (Lipinski definition) is 3. The van der Waals surface area contributed by atoms with Crippen molar-refractivity contribution in [1.29, 1.82) is 0 Å². The number of nitrogens with one attached hydrogen (secondary N) is 1. The van der Waals surface area contributed by atoms with Gasteiger partial charge in [0.05, 0.1) is 50.6 Å². The van der Waals surface area contributed by atoms with E-state index in [1.807, 2.05) is 12.1 Å². The number of sulfonamides is 1. The van der Waals surface area contributed by atoms with Crippen LogP contribution in [0.5, 0.6) is 17.2 Å². The number of tetrazole rings is 1. The molecule has 0 aliphatic rings. The fourth-order valence-corrected chi connectivity index (χ4v) is 8.51. The van der Waals surface area contributed by atoms with Gasteiger partial charge < -0.3 is 29.2 Å². The van der Waals surface area contributed by atoms with Crippen LogP contribution in [-0.2, 0) is 47.3 Å². The molecule has 0 saturated carbocycles. The van der Waals surface area contributed by atoms with Gasteiger partial charge in [0, 0.05) is 19.3 Å². The molecule has 6 rings (SSSR count). The predicted octanol–water partition coefficient (Wildman–Crippen LogP) is 5.22. The first kappa shape index (κ1) is 39.5. The number of hydrogen-bond acceptors (Lipinski definition) is 11. The maximum absolute atomic E-state index is 15.3. The molecule has 1 atom stereocenters. The number of ether oxygens (including phenoxy) is 3. The number of aromatic nitrogens is 5. The minimum atomic E-state index is -4.72. The Kier molecular flexibility index (Phi) is 12.3. The van der Waals surface area contributed by atoms with E-state index in [0.717, 1.165) is 5.56 Å². The van der Waals surface area contributed by atoms with Crippen LogP contribution in [0.25, 0.3) is 22.5 Å². The van der Waals surface area contributed by atoms with Crippen LogP contribution in [0.15, 0.2) is 113 Å². The Morgan fingerprint density at radius 1 is 0.821 bits per heavy atom. The van der Waals surface area contributed by atoms with E-state index in [-0.39, 0.29) is 43.1 Å². The smallest absolute Gasteiger partial charge is 0.404 e. The summed E-state index contributed by atoms with van der Waals surface area (Å²) in [6, 6.07) is 26.9. The van der Waals surface area contributed by atoms with Gasteiger partial charge >= 0.3 is 6.09 Å². The monoisotopic (exact) mass is 799 g/mol. The van der Waals surface area contributed by atoms with Gasteiger partial charge in [-0.05, 0) is 87.6 Å². The fourth-order valence-electron chi connectivity index (χ4n) is 5.86. The Morgan fingerprint density at radius 3 is 1.89 bits per heavy atom. The standard InChI is InChI=1S/C38H37N7O9S2/c1-52-30-10-4-25(5-11-30)22-44(23-26-6-12-31(53-2)13-7-26)56(50,51)36-34(55(48)49)17-16-33(28-18-19-39-29(20-28)21-40-38(46)47)35(36)37-41-43-45(42-37)24-27-8-14-32(54-3)15-9-27/h4-20,40H,21-24H2,1-3H3,(H,46,47)(H,48,49). The van der Waals surface area contributed by atoms with E-state index in [1.165, 1.54) is 41.7 Å². The summed E-state index contributed by atoms with van der Waals surface area (Å²) in [6.07, 6.45) is 0.185. The number of benzene rings is 4. The molecule has 290 valence electrons. The highest BCUT2D eigenvalue weighted by atomic mass is 32.2. The molecule has 0 aliphatic heterocycles. The largest absolute Gasteiger partial charge is 0.497 e. The maximum Gasteiger partial charge on any atom is 0.404 e. The summed E-state index contributed by atoms with van der Waals surface area (Å²) in [6.45, 7) is -0.272. The highest BCUT2D eigenvalue weighted by Gasteiger charge is 2.35. The van der Waals surface area contributed by atoms with E-state index in [2.05, 4.69) is 25.7 Å². The summed E-state index contributed by atoms with van der Waals surface area (Å²) < 4.78 is 71.6. The average Bonchev–Trinajstić information content (AvgIpc) is 3.68. The minimum Gasteiger partial charge on any atom is -0.497 e. The van der Waals surface area contributed by atoms with Crippen molar-refractivity contribution in [1.82, 2.24) is 34.8 Å². The Labute approximate surface area is 325 Å². The van der Waals surface area contributed by atoms with Crippen LogP contribution in [0, 0.1) is 0 Å². The topological polar surface area (TPSA) is 208 Å². The quantitative estimate of drug-likeness (QED) is 0.108. The molecule has 0 radical (unpaired) electrons. The van der Waals surface area contributed by atoms with Gasteiger partial charge in [-0.15, -0.1) is 10.2 Å². The number of carboxylic acid groups (broad SMARTS) is 1. The third-order valence-corrected chi connectivity index (χ3v) is 11.4. The fraction of sp³-hybridized carbons (Fsp3) is 0.184. The first-order valence-electron chi connectivity index (χ1n) is 16.9. The lowest BCUT2D eigenvalue weighted by Crippen LogP contribution is -2.31. The maximum atomic E-state index is 15.3. The van der Waals surface area contributed by atoms with Crippen molar-refractivity contribution in [2.24, 2.45) is 0 Å². The van der Waals surface area contributed by atoms with Crippen LogP contribution >= 0.6 is 0 Å². The lowest BCUT2D eigenvalue weighted by atomic mass is 9.99. The number of nitrogens with zero attached hydrogens (tertiary/aromatic N) is 6. The zero-order valence-corrected chi connectivity index (χ0v) is 32.0. The molecule has 18 heteroatoms. The molecule has 1 unspecified atom stereocenters. The average molecular weight is 800 g/mol. The number of rotatable bonds is 16. The molecule has 0 bridgehead atoms. The van der Waals surface area contributed by atoms with E-state index in [9.17, 15) is 18.7 Å². The SMILES string of the molecule is COc1ccc(CN(Cc2ccc(OC)cc2)S(=O)(=O)c2c(S(=O)O)ccc(-c3ccnc(CNC(=O)O)c3)c2-c2nnn(Cc3ccc(OC)cc3)n2)cc1. The summed E-state index contributed by atoms with van der Waals surface area (Å²) in [5, 5.41) is 24.6. The van der Waals surface area contributed by atoms with E-state index >= 15 is 8.42 Å². The summed E-state index contributed by atoms with van der Waals surface area (Å²) in [5.74, 6) is 1.66. The van der Waals surface area contributed by atoms with Crippen molar-refractivity contribution in [2.45, 2.75) is 36.0 Å². The van der Waals surface area contributed by atoms with Crippen molar-refractivity contribution < 1.29 is 41.3 Å². The molecule has 0 aliphatic carbocycles. The zero-order valence-electron chi connectivity index (χ0n) is 30.4. The highest BCUT2D eigenvalue weighted by molar-refractivity contribution is 7.90. The van der Waals surface area contributed by atoms with Gasteiger partial charge in [0.15, 0.2) is 11.1 Å². The number of methoxy groups -OCH3 is 3. The van der Waals surface area contributed by atoms with Gasteiger partial charge in [0.2, 0.25) is 15.8 Å². The van der Waals surface area contributed by atoms with Gasteiger partial charge in [-0.2, -0.15) is 9.10 Å². The van der Waals surface area contributed by atoms with E-state index in [4.69, 9.17) is 14.2 Å². The van der Waals surface area contributed by atoms with E-state index in [1.54, 1.807) is 79.9 Å². The number of amides is 1. The van der Waals surface area contributed by atoms with Gasteiger partial charge in [0.25, 0.3) is 0 Å². The molecule has 2 heterocycles. The Hall–Kier alpha value is -6.21. The normalized spacial score (nSPS) is 11.9. The molecular weight excluding hydrogens is 763 g/mol. The van der Waals surface area contributed by atoms with Gasteiger partial charge in [-0.1, -0.05) is 42.5 Å². The molecule has 3 N–H and O–H groups in total. The zero-order chi connectivity index (χ0) is 39.8. The molecule has 0 spiro atoms. The molecule has 4 aromatic carbocycles. The summed E-state index contributed by atoms with van der Waals surface area (Å²) in [5.41, 5.74) is 2.92. The third-order valence-electron chi connectivity index (χ3n) is 8.65. The Morgan fingerprint density at radius 2 is 1.38 bits per heavy atom. The Balaban J connectivity index is 1.56. The van der Waals surface area contributed by atoms with Crippen molar-refractivity contribution >= 4 is 27.2 Å². The molecule has 56 heavy (non-hydrogen) atoms. The van der Waals surface area contributed by atoms with E-state index in [0.29, 0.717) is 39.6 Å².